The Labute approximate surface area is 274 Å². The summed E-state index contributed by atoms with van der Waals surface area (Å²) in [6, 6.07) is 46.5. The first-order valence-corrected chi connectivity index (χ1v) is 14.1. The average molecular weight is 748 g/mol. The van der Waals surface area contributed by atoms with Gasteiger partial charge in [0.05, 0.1) is 0 Å². The van der Waals surface area contributed by atoms with Crippen LogP contribution in [0.5, 0.6) is 0 Å². The molecular formula is C40H28IrN2O-2. The number of nitrogens with zero attached hydrogens (tertiary/aromatic N) is 2. The SMILES string of the molecule is Cc1ccc(-c2[c-]ccc(-c3cccc4c3ccc3oc5ccccc5c34)c2)nc1.[2H]C([2H])([2H])c1ccc(-c2[c-]cccc2)nc1.[Ir]. The molecule has 4 heteroatoms. The minimum Gasteiger partial charge on any atom is -0.456 e. The molecular weight excluding hydrogens is 717 g/mol. The molecule has 215 valence electrons. The van der Waals surface area contributed by atoms with Crippen LogP contribution in [0.2, 0.25) is 0 Å². The van der Waals surface area contributed by atoms with E-state index in [1.807, 2.05) is 49.5 Å². The summed E-state index contributed by atoms with van der Waals surface area (Å²) >= 11 is 0. The quantitative estimate of drug-likeness (QED) is 0.169. The molecule has 3 aromatic heterocycles. The Bertz CT molecular complexity index is 2300. The van der Waals surface area contributed by atoms with Crippen LogP contribution in [0.25, 0.3) is 66.4 Å². The van der Waals surface area contributed by atoms with Gasteiger partial charge in [-0.25, -0.2) is 0 Å². The Kier molecular flexibility index (Phi) is 7.43. The van der Waals surface area contributed by atoms with E-state index in [4.69, 9.17) is 8.53 Å². The summed E-state index contributed by atoms with van der Waals surface area (Å²) < 4.78 is 27.8. The van der Waals surface area contributed by atoms with E-state index in [-0.39, 0.29) is 25.7 Å². The number of rotatable bonds is 3. The second kappa shape index (κ2) is 12.8. The van der Waals surface area contributed by atoms with Gasteiger partial charge >= 0.3 is 0 Å². The van der Waals surface area contributed by atoms with Crippen LogP contribution in [-0.2, 0) is 20.1 Å². The van der Waals surface area contributed by atoms with Crippen LogP contribution in [0, 0.1) is 25.9 Å². The van der Waals surface area contributed by atoms with Crippen LogP contribution in [0.1, 0.15) is 15.2 Å². The molecule has 0 fully saturated rings. The molecule has 44 heavy (non-hydrogen) atoms. The Morgan fingerprint density at radius 3 is 2.14 bits per heavy atom. The molecule has 3 heterocycles. The van der Waals surface area contributed by atoms with E-state index in [2.05, 4.69) is 88.8 Å². The smallest absolute Gasteiger partial charge is 0.136 e. The van der Waals surface area contributed by atoms with Gasteiger partial charge in [-0.3, -0.25) is 0 Å². The fraction of sp³-hybridized carbons (Fsp3) is 0.0500. The first-order valence-electron chi connectivity index (χ1n) is 15.6. The number of para-hydroxylation sites is 1. The summed E-state index contributed by atoms with van der Waals surface area (Å²) in [5.41, 5.74) is 9.14. The van der Waals surface area contributed by atoms with Gasteiger partial charge < -0.3 is 14.4 Å². The molecule has 0 atom stereocenters. The third-order valence-corrected chi connectivity index (χ3v) is 7.45. The molecule has 0 unspecified atom stereocenters. The van der Waals surface area contributed by atoms with Crippen LogP contribution in [0.3, 0.4) is 0 Å². The molecule has 0 aliphatic heterocycles. The van der Waals surface area contributed by atoms with Crippen molar-refractivity contribution >= 4 is 32.7 Å². The molecule has 0 amide bonds. The van der Waals surface area contributed by atoms with Gasteiger partial charge in [0.25, 0.3) is 0 Å². The molecule has 0 aliphatic rings. The maximum atomic E-state index is 7.23. The second-order valence-corrected chi connectivity index (χ2v) is 10.4. The van der Waals surface area contributed by atoms with Gasteiger partial charge in [-0.15, -0.1) is 71.3 Å². The predicted molar refractivity (Wildman–Crippen MR) is 177 cm³/mol. The minimum atomic E-state index is -2.09. The van der Waals surface area contributed by atoms with Crippen molar-refractivity contribution in [3.05, 3.63) is 157 Å². The number of aryl methyl sites for hydroxylation is 2. The van der Waals surface area contributed by atoms with Gasteiger partial charge in [0.1, 0.15) is 11.2 Å². The van der Waals surface area contributed by atoms with Gasteiger partial charge in [0.15, 0.2) is 0 Å². The Hall–Kier alpha value is -4.89. The minimum absolute atomic E-state index is 0. The molecule has 8 aromatic rings. The number of hydrogen-bond acceptors (Lipinski definition) is 3. The van der Waals surface area contributed by atoms with Crippen LogP contribution in [0.15, 0.2) is 138 Å². The van der Waals surface area contributed by atoms with Crippen molar-refractivity contribution in [2.24, 2.45) is 0 Å². The first kappa shape index (κ1) is 25.6. The van der Waals surface area contributed by atoms with Gasteiger partial charge in [-0.1, -0.05) is 66.7 Å². The Morgan fingerprint density at radius 2 is 1.36 bits per heavy atom. The zero-order valence-electron chi connectivity index (χ0n) is 26.8. The maximum Gasteiger partial charge on any atom is 0.136 e. The number of aromatic nitrogens is 2. The van der Waals surface area contributed by atoms with E-state index >= 15 is 0 Å². The number of hydrogen-bond donors (Lipinski definition) is 0. The van der Waals surface area contributed by atoms with E-state index < -0.39 is 6.85 Å². The molecule has 0 N–H and O–H groups in total. The van der Waals surface area contributed by atoms with Crippen molar-refractivity contribution in [1.29, 1.82) is 0 Å². The Balaban J connectivity index is 0.000000194. The van der Waals surface area contributed by atoms with Gasteiger partial charge in [-0.05, 0) is 64.8 Å². The molecule has 0 spiro atoms. The normalized spacial score (nSPS) is 12.1. The summed E-state index contributed by atoms with van der Waals surface area (Å²) in [6.07, 6.45) is 3.29. The van der Waals surface area contributed by atoms with Crippen LogP contribution >= 0.6 is 0 Å². The maximum absolute atomic E-state index is 7.23. The number of fused-ring (bicyclic) bond motifs is 5. The first-order chi connectivity index (χ1) is 22.3. The molecule has 0 bridgehead atoms. The van der Waals surface area contributed by atoms with E-state index in [1.165, 1.54) is 27.9 Å². The van der Waals surface area contributed by atoms with Crippen molar-refractivity contribution in [1.82, 2.24) is 9.97 Å². The van der Waals surface area contributed by atoms with Crippen molar-refractivity contribution in [2.45, 2.75) is 13.8 Å². The molecule has 0 saturated carbocycles. The largest absolute Gasteiger partial charge is 0.456 e. The summed E-state index contributed by atoms with van der Waals surface area (Å²) in [5.74, 6) is 0. The number of benzene rings is 5. The summed E-state index contributed by atoms with van der Waals surface area (Å²) in [5, 5.41) is 4.75. The number of furan rings is 1. The predicted octanol–water partition coefficient (Wildman–Crippen LogP) is 10.4. The van der Waals surface area contributed by atoms with Gasteiger partial charge in [0.2, 0.25) is 0 Å². The number of pyridine rings is 2. The van der Waals surface area contributed by atoms with Crippen molar-refractivity contribution < 1.29 is 28.6 Å². The third-order valence-electron chi connectivity index (χ3n) is 7.45. The van der Waals surface area contributed by atoms with E-state index in [1.54, 1.807) is 18.2 Å². The molecule has 3 nitrogen and oxygen atoms in total. The zero-order chi connectivity index (χ0) is 31.7. The van der Waals surface area contributed by atoms with Gasteiger partial charge in [-0.2, -0.15) is 0 Å². The fourth-order valence-corrected chi connectivity index (χ4v) is 5.35. The van der Waals surface area contributed by atoms with Crippen molar-refractivity contribution in [3.63, 3.8) is 0 Å². The van der Waals surface area contributed by atoms with Crippen molar-refractivity contribution in [2.75, 3.05) is 0 Å². The summed E-state index contributed by atoms with van der Waals surface area (Å²) in [6.45, 7) is -0.0424. The van der Waals surface area contributed by atoms with Crippen molar-refractivity contribution in [3.8, 4) is 33.6 Å². The van der Waals surface area contributed by atoms with E-state index in [0.29, 0.717) is 0 Å². The van der Waals surface area contributed by atoms with Crippen LogP contribution in [-0.4, -0.2) is 9.97 Å². The average Bonchev–Trinajstić information content (AvgIpc) is 3.48. The Morgan fingerprint density at radius 1 is 0.614 bits per heavy atom. The van der Waals surface area contributed by atoms with E-state index in [9.17, 15) is 0 Å². The zero-order valence-corrected chi connectivity index (χ0v) is 26.2. The fourth-order valence-electron chi connectivity index (χ4n) is 5.35. The van der Waals surface area contributed by atoms with Gasteiger partial charge in [0, 0.05) is 47.4 Å². The van der Waals surface area contributed by atoms with Crippen LogP contribution < -0.4 is 0 Å². The molecule has 8 rings (SSSR count). The summed E-state index contributed by atoms with van der Waals surface area (Å²) in [7, 11) is 0. The topological polar surface area (TPSA) is 38.9 Å². The molecule has 0 aliphatic carbocycles. The standard InChI is InChI=1S/C28H18NO.C12H10N.Ir/c1-18-12-14-25(29-17-18)20-7-4-6-19(16-20)21-9-5-10-23-22(21)13-15-27-28(23)24-8-2-3-11-26(24)30-27;1-10-7-8-12(13-9-10)11-5-3-2-4-6-11;/h2-6,8-17H,1H3;2-5,7-9H,1H3;/q2*-1;/i;1D3;. The third kappa shape index (κ3) is 5.83. The van der Waals surface area contributed by atoms with E-state index in [0.717, 1.165) is 50.2 Å². The molecule has 5 aromatic carbocycles. The second-order valence-electron chi connectivity index (χ2n) is 10.4. The van der Waals surface area contributed by atoms with Crippen LogP contribution in [0.4, 0.5) is 0 Å². The molecule has 1 radical (unpaired) electrons. The summed E-state index contributed by atoms with van der Waals surface area (Å²) in [4.78, 5) is 8.69. The molecule has 0 saturated heterocycles. The monoisotopic (exact) mass is 748 g/mol.